The number of aliphatic carboxylic acids is 1. The summed E-state index contributed by atoms with van der Waals surface area (Å²) in [5, 5.41) is 20.1. The smallest absolute Gasteiger partial charge is 0.339 e. The third-order valence-corrected chi connectivity index (χ3v) is 7.41. The highest BCUT2D eigenvalue weighted by Gasteiger charge is 2.76. The predicted molar refractivity (Wildman–Crippen MR) is 85.8 cm³/mol. The number of carbonyl (C=O) groups is 2. The lowest BCUT2D eigenvalue weighted by molar-refractivity contribution is -0.174. The lowest BCUT2D eigenvalue weighted by Gasteiger charge is -2.53. The van der Waals surface area contributed by atoms with Gasteiger partial charge in [-0.3, -0.25) is 4.79 Å². The average molecular weight is 362 g/mol. The molecule has 4 aliphatic rings. The summed E-state index contributed by atoms with van der Waals surface area (Å²) in [4.78, 5) is 24.8. The van der Waals surface area contributed by atoms with Crippen LogP contribution in [0.1, 0.15) is 44.3 Å². The highest BCUT2D eigenvalue weighted by molar-refractivity contribution is 5.85. The minimum atomic E-state index is -1.07. The van der Waals surface area contributed by atoms with Gasteiger partial charge in [-0.25, -0.2) is 4.79 Å². The lowest BCUT2D eigenvalue weighted by atomic mass is 9.49. The summed E-state index contributed by atoms with van der Waals surface area (Å²) < 4.78 is 17.2. The van der Waals surface area contributed by atoms with Crippen LogP contribution in [0.25, 0.3) is 0 Å². The first kappa shape index (κ1) is 16.3. The van der Waals surface area contributed by atoms with Crippen molar-refractivity contribution in [3.8, 4) is 0 Å². The molecule has 26 heavy (non-hydrogen) atoms. The monoisotopic (exact) mass is 362 g/mol. The Balaban J connectivity index is 1.61. The summed E-state index contributed by atoms with van der Waals surface area (Å²) in [7, 11) is 0. The second-order valence-electron chi connectivity index (χ2n) is 8.51. The molecule has 2 bridgehead atoms. The molecule has 1 aromatic heterocycles. The molecule has 1 aromatic rings. The van der Waals surface area contributed by atoms with Gasteiger partial charge in [0.05, 0.1) is 30.7 Å². The maximum Gasteiger partial charge on any atom is 0.339 e. The van der Waals surface area contributed by atoms with Crippen LogP contribution in [0.3, 0.4) is 0 Å². The number of carbonyl (C=O) groups excluding carboxylic acids is 1. The second kappa shape index (κ2) is 5.10. The van der Waals surface area contributed by atoms with Crippen LogP contribution in [0.5, 0.6) is 0 Å². The van der Waals surface area contributed by atoms with Crippen molar-refractivity contribution >= 4 is 11.9 Å². The van der Waals surface area contributed by atoms with E-state index in [0.717, 1.165) is 5.56 Å². The first-order valence-corrected chi connectivity index (χ1v) is 9.17. The molecule has 5 rings (SSSR count). The Morgan fingerprint density at radius 3 is 2.81 bits per heavy atom. The van der Waals surface area contributed by atoms with Crippen LogP contribution in [-0.2, 0) is 19.1 Å². The van der Waals surface area contributed by atoms with Gasteiger partial charge in [-0.15, -0.1) is 0 Å². The Morgan fingerprint density at radius 2 is 2.12 bits per heavy atom. The van der Waals surface area contributed by atoms with Gasteiger partial charge in [-0.2, -0.15) is 0 Å². The molecule has 4 fully saturated rings. The van der Waals surface area contributed by atoms with E-state index in [1.54, 1.807) is 12.5 Å². The fourth-order valence-corrected chi connectivity index (χ4v) is 6.23. The van der Waals surface area contributed by atoms with Gasteiger partial charge in [-0.05, 0) is 31.2 Å². The second-order valence-corrected chi connectivity index (χ2v) is 8.51. The fourth-order valence-electron chi connectivity index (χ4n) is 6.23. The number of fused-ring (bicyclic) bond motifs is 4. The molecule has 7 heteroatoms. The first-order chi connectivity index (χ1) is 12.4. The Bertz CT molecular complexity index is 758. The summed E-state index contributed by atoms with van der Waals surface area (Å²) in [5.41, 5.74) is -0.784. The largest absolute Gasteiger partial charge is 0.481 e. The number of aliphatic hydroxyl groups is 1. The van der Waals surface area contributed by atoms with Gasteiger partial charge >= 0.3 is 11.9 Å². The third-order valence-electron chi connectivity index (χ3n) is 7.41. The minimum Gasteiger partial charge on any atom is -0.481 e. The number of esters is 1. The molecule has 140 valence electrons. The summed E-state index contributed by atoms with van der Waals surface area (Å²) in [5.74, 6) is -2.45. The van der Waals surface area contributed by atoms with Gasteiger partial charge in [0.25, 0.3) is 0 Å². The molecule has 0 radical (unpaired) electrons. The predicted octanol–water partition coefficient (Wildman–Crippen LogP) is 1.90. The zero-order valence-corrected chi connectivity index (χ0v) is 14.5. The average Bonchev–Trinajstić information content (AvgIpc) is 3.27. The van der Waals surface area contributed by atoms with E-state index in [0.29, 0.717) is 19.3 Å². The van der Waals surface area contributed by atoms with E-state index in [9.17, 15) is 19.8 Å². The van der Waals surface area contributed by atoms with Crippen molar-refractivity contribution in [1.82, 2.24) is 0 Å². The summed E-state index contributed by atoms with van der Waals surface area (Å²) in [6.45, 7) is 2.00. The maximum atomic E-state index is 12.9. The molecule has 3 heterocycles. The topological polar surface area (TPSA) is 106 Å². The number of aliphatic hydroxyl groups excluding tert-OH is 1. The highest BCUT2D eigenvalue weighted by atomic mass is 16.6. The number of ether oxygens (including phenoxy) is 2. The molecule has 2 saturated heterocycles. The molecule has 0 aromatic carbocycles. The number of furan rings is 1. The molecule has 2 aliphatic heterocycles. The summed E-state index contributed by atoms with van der Waals surface area (Å²) in [6, 6.07) is 1.83. The zero-order valence-electron chi connectivity index (χ0n) is 14.5. The van der Waals surface area contributed by atoms with Crippen molar-refractivity contribution in [3.05, 3.63) is 24.2 Å². The SMILES string of the molecule is C[C@@]12C[C@H](c3ccoc3)OC13CC(OC3=O)[C@H]1C2C[C@@H](O)C[C@H]1C(=O)O. The molecule has 2 saturated carbocycles. The van der Waals surface area contributed by atoms with Crippen LogP contribution >= 0.6 is 0 Å². The van der Waals surface area contributed by atoms with E-state index >= 15 is 0 Å². The van der Waals surface area contributed by atoms with E-state index in [1.807, 2.05) is 13.0 Å². The third kappa shape index (κ3) is 1.85. The zero-order chi connectivity index (χ0) is 18.3. The number of carboxylic acids is 1. The van der Waals surface area contributed by atoms with E-state index in [-0.39, 0.29) is 30.3 Å². The van der Waals surface area contributed by atoms with Gasteiger partial charge in [0.2, 0.25) is 0 Å². The van der Waals surface area contributed by atoms with E-state index in [1.165, 1.54) is 0 Å². The van der Waals surface area contributed by atoms with E-state index in [2.05, 4.69) is 0 Å². The number of hydrogen-bond donors (Lipinski definition) is 2. The summed E-state index contributed by atoms with van der Waals surface area (Å²) in [6.07, 6.45) is 3.39. The van der Waals surface area contributed by atoms with Crippen LogP contribution in [0.4, 0.5) is 0 Å². The Labute approximate surface area is 150 Å². The van der Waals surface area contributed by atoms with Gasteiger partial charge in [0.15, 0.2) is 5.60 Å². The molecule has 1 spiro atoms. The van der Waals surface area contributed by atoms with Crippen LogP contribution in [0.15, 0.2) is 23.0 Å². The normalized spacial score (nSPS) is 49.4. The lowest BCUT2D eigenvalue weighted by Crippen LogP contribution is -2.60. The van der Waals surface area contributed by atoms with Crippen molar-refractivity contribution in [3.63, 3.8) is 0 Å². The Hall–Kier alpha value is -1.86. The summed E-state index contributed by atoms with van der Waals surface area (Å²) >= 11 is 0. The van der Waals surface area contributed by atoms with Crippen molar-refractivity contribution < 1.29 is 33.7 Å². The van der Waals surface area contributed by atoms with Gasteiger partial charge in [0.1, 0.15) is 6.10 Å². The first-order valence-electron chi connectivity index (χ1n) is 9.17. The van der Waals surface area contributed by atoms with E-state index < -0.39 is 35.1 Å². The molecular formula is C19H22O7. The molecule has 2 aliphatic carbocycles. The van der Waals surface area contributed by atoms with Crippen LogP contribution < -0.4 is 0 Å². The van der Waals surface area contributed by atoms with Crippen molar-refractivity contribution in [2.75, 3.05) is 0 Å². The fraction of sp³-hybridized carbons (Fsp3) is 0.684. The molecule has 0 amide bonds. The van der Waals surface area contributed by atoms with Crippen LogP contribution in [0.2, 0.25) is 0 Å². The molecule has 8 atom stereocenters. The molecule has 3 unspecified atom stereocenters. The van der Waals surface area contributed by atoms with Crippen LogP contribution in [-0.4, -0.2) is 40.0 Å². The van der Waals surface area contributed by atoms with Gasteiger partial charge < -0.3 is 24.1 Å². The number of hydrogen-bond acceptors (Lipinski definition) is 6. The van der Waals surface area contributed by atoms with Gasteiger partial charge in [0, 0.05) is 23.3 Å². The van der Waals surface area contributed by atoms with Crippen molar-refractivity contribution in [2.24, 2.45) is 23.2 Å². The number of rotatable bonds is 2. The Kier molecular flexibility index (Phi) is 3.20. The minimum absolute atomic E-state index is 0.144. The molecular weight excluding hydrogens is 340 g/mol. The van der Waals surface area contributed by atoms with Gasteiger partial charge in [-0.1, -0.05) is 6.92 Å². The highest BCUT2D eigenvalue weighted by Crippen LogP contribution is 2.68. The Morgan fingerprint density at radius 1 is 1.31 bits per heavy atom. The molecule has 2 N–H and O–H groups in total. The van der Waals surface area contributed by atoms with Crippen molar-refractivity contribution in [2.45, 2.75) is 56.5 Å². The molecule has 7 nitrogen and oxygen atoms in total. The standard InChI is InChI=1S/C19H22O7/c1-18-6-13(9-2-3-24-8-9)26-19(18)7-14(25-17(19)23)15-11(16(21)22)4-10(20)5-12(15)18/h2-3,8,10-15,20H,4-7H2,1H3,(H,21,22)/t10-,11+,12?,13+,14?,15+,18-,19?/m0/s1. The quantitative estimate of drug-likeness (QED) is 0.774. The van der Waals surface area contributed by atoms with Crippen molar-refractivity contribution in [1.29, 1.82) is 0 Å². The van der Waals surface area contributed by atoms with Crippen LogP contribution in [0, 0.1) is 23.2 Å². The number of carboxylic acid groups (broad SMARTS) is 1. The maximum absolute atomic E-state index is 12.9. The van der Waals surface area contributed by atoms with E-state index in [4.69, 9.17) is 13.9 Å².